The molecule has 0 aromatic heterocycles. The normalized spacial score (nSPS) is 14.8. The van der Waals surface area contributed by atoms with Crippen molar-refractivity contribution in [2.45, 2.75) is 6.92 Å². The molecule has 1 aliphatic rings. The van der Waals surface area contributed by atoms with Crippen LogP contribution < -0.4 is 4.90 Å². The van der Waals surface area contributed by atoms with Gasteiger partial charge in [-0.15, -0.1) is 11.8 Å². The number of halogens is 1. The SMILES string of the molecule is CCSC1=C(c2ccccc2)C(=O)N(c2ccccc2F)C1=O. The second-order valence-corrected chi connectivity index (χ2v) is 6.17. The van der Waals surface area contributed by atoms with Crippen LogP contribution in [0.2, 0.25) is 0 Å². The molecule has 23 heavy (non-hydrogen) atoms. The summed E-state index contributed by atoms with van der Waals surface area (Å²) in [5.41, 5.74) is 0.994. The molecule has 5 heteroatoms. The minimum atomic E-state index is -0.593. The van der Waals surface area contributed by atoms with Gasteiger partial charge in [-0.05, 0) is 23.4 Å². The molecule has 0 saturated heterocycles. The van der Waals surface area contributed by atoms with Crippen LogP contribution in [0.15, 0.2) is 59.5 Å². The molecular weight excluding hydrogens is 313 g/mol. The maximum atomic E-state index is 14.1. The van der Waals surface area contributed by atoms with Gasteiger partial charge in [0.25, 0.3) is 11.8 Å². The van der Waals surface area contributed by atoms with Crippen molar-refractivity contribution in [3.8, 4) is 0 Å². The third-order valence-electron chi connectivity index (χ3n) is 3.49. The quantitative estimate of drug-likeness (QED) is 0.800. The van der Waals surface area contributed by atoms with Crippen LogP contribution in [-0.2, 0) is 9.59 Å². The van der Waals surface area contributed by atoms with Crippen LogP contribution in [0, 0.1) is 5.82 Å². The number of amides is 2. The Kier molecular flexibility index (Phi) is 4.30. The lowest BCUT2D eigenvalue weighted by molar-refractivity contribution is -0.119. The molecule has 0 fully saturated rings. The maximum absolute atomic E-state index is 14.1. The highest BCUT2D eigenvalue weighted by molar-refractivity contribution is 8.04. The Morgan fingerprint density at radius 1 is 0.957 bits per heavy atom. The predicted octanol–water partition coefficient (Wildman–Crippen LogP) is 3.86. The van der Waals surface area contributed by atoms with Crippen LogP contribution >= 0.6 is 11.8 Å². The van der Waals surface area contributed by atoms with E-state index in [4.69, 9.17) is 0 Å². The first-order chi connectivity index (χ1) is 11.1. The number of rotatable bonds is 4. The zero-order valence-corrected chi connectivity index (χ0v) is 13.3. The van der Waals surface area contributed by atoms with Crippen LogP contribution in [0.4, 0.5) is 10.1 Å². The van der Waals surface area contributed by atoms with E-state index in [2.05, 4.69) is 0 Å². The number of benzene rings is 2. The number of hydrogen-bond acceptors (Lipinski definition) is 3. The van der Waals surface area contributed by atoms with Crippen molar-refractivity contribution in [1.29, 1.82) is 0 Å². The van der Waals surface area contributed by atoms with Gasteiger partial charge in [0.15, 0.2) is 0 Å². The predicted molar refractivity (Wildman–Crippen MR) is 90.4 cm³/mol. The number of nitrogens with zero attached hydrogens (tertiary/aromatic N) is 1. The fraction of sp³-hybridized carbons (Fsp3) is 0.111. The van der Waals surface area contributed by atoms with Crippen LogP contribution in [0.5, 0.6) is 0 Å². The summed E-state index contributed by atoms with van der Waals surface area (Å²) in [6, 6.07) is 14.8. The van der Waals surface area contributed by atoms with Gasteiger partial charge in [-0.25, -0.2) is 9.29 Å². The number of carbonyl (C=O) groups excluding carboxylic acids is 2. The molecule has 2 aromatic rings. The summed E-state index contributed by atoms with van der Waals surface area (Å²) < 4.78 is 14.1. The molecule has 2 amide bonds. The molecule has 1 heterocycles. The van der Waals surface area contributed by atoms with Gasteiger partial charge in [-0.2, -0.15) is 0 Å². The highest BCUT2D eigenvalue weighted by Crippen LogP contribution is 2.38. The molecule has 0 N–H and O–H groups in total. The van der Waals surface area contributed by atoms with Gasteiger partial charge in [-0.3, -0.25) is 9.59 Å². The smallest absolute Gasteiger partial charge is 0.268 e. The zero-order chi connectivity index (χ0) is 16.4. The summed E-state index contributed by atoms with van der Waals surface area (Å²) >= 11 is 1.30. The van der Waals surface area contributed by atoms with E-state index < -0.39 is 17.6 Å². The minimum absolute atomic E-state index is 0.0114. The van der Waals surface area contributed by atoms with Crippen molar-refractivity contribution in [2.75, 3.05) is 10.7 Å². The van der Waals surface area contributed by atoms with Crippen molar-refractivity contribution < 1.29 is 14.0 Å². The van der Waals surface area contributed by atoms with E-state index in [0.29, 0.717) is 21.8 Å². The van der Waals surface area contributed by atoms with Gasteiger partial charge >= 0.3 is 0 Å². The third kappa shape index (κ3) is 2.68. The highest BCUT2D eigenvalue weighted by atomic mass is 32.2. The molecule has 0 atom stereocenters. The average molecular weight is 327 g/mol. The Labute approximate surface area is 137 Å². The van der Waals surface area contributed by atoms with Crippen molar-refractivity contribution >= 4 is 34.8 Å². The molecule has 0 radical (unpaired) electrons. The number of carbonyl (C=O) groups is 2. The Morgan fingerprint density at radius 3 is 2.26 bits per heavy atom. The maximum Gasteiger partial charge on any atom is 0.272 e. The summed E-state index contributed by atoms with van der Waals surface area (Å²) in [7, 11) is 0. The molecule has 0 saturated carbocycles. The lowest BCUT2D eigenvalue weighted by Crippen LogP contribution is -2.32. The summed E-state index contributed by atoms with van der Waals surface area (Å²) in [6.45, 7) is 1.91. The van der Waals surface area contributed by atoms with Gasteiger partial charge in [0.1, 0.15) is 5.82 Å². The van der Waals surface area contributed by atoms with Gasteiger partial charge in [0.2, 0.25) is 0 Å². The van der Waals surface area contributed by atoms with Crippen molar-refractivity contribution in [2.24, 2.45) is 0 Å². The number of para-hydroxylation sites is 1. The Balaban J connectivity index is 2.12. The summed E-state index contributed by atoms with van der Waals surface area (Å²) in [5.74, 6) is -0.895. The van der Waals surface area contributed by atoms with Gasteiger partial charge < -0.3 is 0 Å². The molecule has 3 rings (SSSR count). The van der Waals surface area contributed by atoms with Crippen molar-refractivity contribution in [3.63, 3.8) is 0 Å². The first kappa shape index (κ1) is 15.5. The van der Waals surface area contributed by atoms with Gasteiger partial charge in [0.05, 0.1) is 16.2 Å². The first-order valence-corrected chi connectivity index (χ1v) is 8.19. The lowest BCUT2D eigenvalue weighted by Gasteiger charge is -2.15. The van der Waals surface area contributed by atoms with Crippen LogP contribution in [0.25, 0.3) is 5.57 Å². The summed E-state index contributed by atoms with van der Waals surface area (Å²) in [4.78, 5) is 26.8. The Hall–Kier alpha value is -2.40. The fourth-order valence-corrected chi connectivity index (χ4v) is 3.35. The standard InChI is InChI=1S/C18H14FNO2S/c1-2-23-16-15(12-8-4-3-5-9-12)17(21)20(18(16)22)14-11-7-6-10-13(14)19/h3-11H,2H2,1H3. The molecule has 116 valence electrons. The Bertz CT molecular complexity index is 802. The van der Waals surface area contributed by atoms with E-state index in [1.54, 1.807) is 30.3 Å². The average Bonchev–Trinajstić information content (AvgIpc) is 2.80. The molecule has 0 spiro atoms. The van der Waals surface area contributed by atoms with Crippen LogP contribution in [-0.4, -0.2) is 17.6 Å². The fourth-order valence-electron chi connectivity index (χ4n) is 2.50. The Morgan fingerprint density at radius 2 is 1.61 bits per heavy atom. The van der Waals surface area contributed by atoms with E-state index in [9.17, 15) is 14.0 Å². The topological polar surface area (TPSA) is 37.4 Å². The van der Waals surface area contributed by atoms with E-state index in [1.165, 1.54) is 30.0 Å². The molecule has 0 unspecified atom stereocenters. The van der Waals surface area contributed by atoms with Gasteiger partial charge in [0, 0.05) is 0 Å². The molecule has 2 aromatic carbocycles. The number of hydrogen-bond donors (Lipinski definition) is 0. The second-order valence-electron chi connectivity index (χ2n) is 4.90. The monoisotopic (exact) mass is 327 g/mol. The van der Waals surface area contributed by atoms with E-state index >= 15 is 0 Å². The largest absolute Gasteiger partial charge is 0.272 e. The summed E-state index contributed by atoms with van der Waals surface area (Å²) in [6.07, 6.45) is 0. The molecule has 0 aliphatic carbocycles. The van der Waals surface area contributed by atoms with Crippen LogP contribution in [0.3, 0.4) is 0 Å². The highest BCUT2D eigenvalue weighted by Gasteiger charge is 2.40. The minimum Gasteiger partial charge on any atom is -0.268 e. The number of thioether (sulfide) groups is 1. The third-order valence-corrected chi connectivity index (χ3v) is 4.44. The first-order valence-electron chi connectivity index (χ1n) is 7.21. The van der Waals surface area contributed by atoms with E-state index in [1.807, 2.05) is 13.0 Å². The molecule has 3 nitrogen and oxygen atoms in total. The number of anilines is 1. The summed E-state index contributed by atoms with van der Waals surface area (Å²) in [5, 5.41) is 0. The molecular formula is C18H14FNO2S. The molecule has 0 bridgehead atoms. The van der Waals surface area contributed by atoms with Crippen LogP contribution in [0.1, 0.15) is 12.5 Å². The second kappa shape index (κ2) is 6.38. The van der Waals surface area contributed by atoms with Gasteiger partial charge in [-0.1, -0.05) is 49.4 Å². The lowest BCUT2D eigenvalue weighted by atomic mass is 10.1. The van der Waals surface area contributed by atoms with E-state index in [0.717, 1.165) is 4.90 Å². The van der Waals surface area contributed by atoms with E-state index in [-0.39, 0.29) is 5.69 Å². The zero-order valence-electron chi connectivity index (χ0n) is 12.5. The number of imide groups is 1. The van der Waals surface area contributed by atoms with Crippen molar-refractivity contribution in [3.05, 3.63) is 70.9 Å². The molecule has 1 aliphatic heterocycles. The van der Waals surface area contributed by atoms with Crippen molar-refractivity contribution in [1.82, 2.24) is 0 Å².